The van der Waals surface area contributed by atoms with Gasteiger partial charge in [0.25, 0.3) is 5.56 Å². The number of aryl methyl sites for hydroxylation is 1. The van der Waals surface area contributed by atoms with Crippen molar-refractivity contribution in [2.75, 3.05) is 19.4 Å². The fourth-order valence-electron chi connectivity index (χ4n) is 3.82. The molecule has 3 aromatic rings. The molecule has 3 heterocycles. The maximum absolute atomic E-state index is 13.1. The number of hydrogen-bond acceptors (Lipinski definition) is 6. The molecule has 39 heavy (non-hydrogen) atoms. The number of hydrogen-bond donors (Lipinski definition) is 4. The normalized spacial score (nSPS) is 11.8. The Hall–Kier alpha value is -4.74. The van der Waals surface area contributed by atoms with Crippen LogP contribution in [0.1, 0.15) is 43.9 Å². The smallest absolute Gasteiger partial charge is 0.405 e. The SMILES string of the molecule is CC(C)=Cc1nc(C)cc2[nH]c(Cn3cccc(NC(=O)C(CC/C=C/C(=O)N(C)C)NC(=O)O)c3=O)nc12. The molecule has 0 aliphatic rings. The minimum absolute atomic E-state index is 0.00290. The Morgan fingerprint density at radius 1 is 1.23 bits per heavy atom. The molecular formula is C27H33N7O5. The van der Waals surface area contributed by atoms with Crippen LogP contribution in [0.25, 0.3) is 17.1 Å². The van der Waals surface area contributed by atoms with E-state index in [1.165, 1.54) is 21.6 Å². The van der Waals surface area contributed by atoms with Gasteiger partial charge in [-0.1, -0.05) is 11.6 Å². The molecule has 0 radical (unpaired) electrons. The fourth-order valence-corrected chi connectivity index (χ4v) is 3.82. The summed E-state index contributed by atoms with van der Waals surface area (Å²) in [5, 5.41) is 13.9. The molecule has 206 valence electrons. The predicted molar refractivity (Wildman–Crippen MR) is 148 cm³/mol. The maximum atomic E-state index is 13.1. The van der Waals surface area contributed by atoms with E-state index >= 15 is 0 Å². The number of carboxylic acid groups (broad SMARTS) is 1. The number of pyridine rings is 2. The Bertz CT molecular complexity index is 1500. The number of amides is 3. The van der Waals surface area contributed by atoms with Gasteiger partial charge in [-0.3, -0.25) is 19.4 Å². The lowest BCUT2D eigenvalue weighted by Crippen LogP contribution is -2.44. The second kappa shape index (κ2) is 12.7. The molecule has 1 unspecified atom stereocenters. The van der Waals surface area contributed by atoms with Gasteiger partial charge in [-0.15, -0.1) is 0 Å². The molecule has 4 N–H and O–H groups in total. The van der Waals surface area contributed by atoms with E-state index in [2.05, 4.69) is 25.6 Å². The van der Waals surface area contributed by atoms with Gasteiger partial charge in [0.05, 0.1) is 17.8 Å². The number of anilines is 1. The Morgan fingerprint density at radius 3 is 2.64 bits per heavy atom. The summed E-state index contributed by atoms with van der Waals surface area (Å²) in [6.07, 6.45) is 5.42. The number of aromatic nitrogens is 4. The highest BCUT2D eigenvalue weighted by Gasteiger charge is 2.21. The minimum atomic E-state index is -1.38. The molecule has 3 aromatic heterocycles. The van der Waals surface area contributed by atoms with Crippen LogP contribution < -0.4 is 16.2 Å². The van der Waals surface area contributed by atoms with E-state index in [1.807, 2.05) is 32.9 Å². The number of likely N-dealkylation sites (N-methyl/N-ethyl adjacent to an activating group) is 1. The van der Waals surface area contributed by atoms with Crippen LogP contribution in [0.3, 0.4) is 0 Å². The topological polar surface area (TPSA) is 162 Å². The number of nitrogens with zero attached hydrogens (tertiary/aromatic N) is 4. The zero-order valence-corrected chi connectivity index (χ0v) is 22.6. The van der Waals surface area contributed by atoms with Crippen LogP contribution in [0.5, 0.6) is 0 Å². The average Bonchev–Trinajstić information content (AvgIpc) is 3.25. The molecule has 0 spiro atoms. The summed E-state index contributed by atoms with van der Waals surface area (Å²) in [6, 6.07) is 3.81. The Labute approximate surface area is 225 Å². The van der Waals surface area contributed by atoms with Gasteiger partial charge in [0.1, 0.15) is 23.1 Å². The first-order chi connectivity index (χ1) is 18.4. The molecule has 3 rings (SSSR count). The van der Waals surface area contributed by atoms with Crippen LogP contribution >= 0.6 is 0 Å². The van der Waals surface area contributed by atoms with Gasteiger partial charge < -0.3 is 30.2 Å². The first kappa shape index (κ1) is 28.8. The summed E-state index contributed by atoms with van der Waals surface area (Å²) in [5.74, 6) is -0.372. The van der Waals surface area contributed by atoms with Crippen LogP contribution in [-0.4, -0.2) is 67.6 Å². The number of fused-ring (bicyclic) bond motifs is 1. The quantitative estimate of drug-likeness (QED) is 0.290. The molecule has 1 atom stereocenters. The molecule has 0 saturated heterocycles. The van der Waals surface area contributed by atoms with Crippen molar-refractivity contribution in [3.05, 3.63) is 69.7 Å². The number of aromatic amines is 1. The Kier molecular flexibility index (Phi) is 9.37. The van der Waals surface area contributed by atoms with Gasteiger partial charge >= 0.3 is 6.09 Å². The van der Waals surface area contributed by atoms with Crippen molar-refractivity contribution in [3.63, 3.8) is 0 Å². The van der Waals surface area contributed by atoms with Gasteiger partial charge in [0.2, 0.25) is 11.8 Å². The van der Waals surface area contributed by atoms with E-state index in [4.69, 9.17) is 5.11 Å². The van der Waals surface area contributed by atoms with E-state index < -0.39 is 23.6 Å². The molecule has 0 fully saturated rings. The standard InChI is InChI=1S/C27H33N7O5/c1-16(2)13-20-24-21(14-17(3)28-20)29-22(32-24)15-34-12-8-10-19(26(34)37)30-25(36)18(31-27(38)39)9-6-7-11-23(35)33(4)5/h7-8,10-14,18,31H,6,9,15H2,1-5H3,(H,29,32)(H,30,36)(H,38,39)/b11-7+. The van der Waals surface area contributed by atoms with Crippen LogP contribution in [0.15, 0.2) is 46.9 Å². The molecule has 0 bridgehead atoms. The van der Waals surface area contributed by atoms with Crippen molar-refractivity contribution in [2.45, 2.75) is 46.2 Å². The van der Waals surface area contributed by atoms with Crippen molar-refractivity contribution in [1.82, 2.24) is 29.7 Å². The largest absolute Gasteiger partial charge is 0.465 e. The Balaban J connectivity index is 1.78. The summed E-state index contributed by atoms with van der Waals surface area (Å²) in [6.45, 7) is 5.96. The highest BCUT2D eigenvalue weighted by atomic mass is 16.4. The number of imidazole rings is 1. The van der Waals surface area contributed by atoms with Crippen molar-refractivity contribution in [3.8, 4) is 0 Å². The molecule has 12 heteroatoms. The van der Waals surface area contributed by atoms with Crippen molar-refractivity contribution in [1.29, 1.82) is 0 Å². The third-order valence-electron chi connectivity index (χ3n) is 5.63. The lowest BCUT2D eigenvalue weighted by Gasteiger charge is -2.16. The van der Waals surface area contributed by atoms with Crippen LogP contribution in [0.4, 0.5) is 10.5 Å². The average molecular weight is 536 g/mol. The summed E-state index contributed by atoms with van der Waals surface area (Å²) < 4.78 is 1.39. The van der Waals surface area contributed by atoms with Crippen LogP contribution in [0.2, 0.25) is 0 Å². The maximum Gasteiger partial charge on any atom is 0.405 e. The molecule has 12 nitrogen and oxygen atoms in total. The first-order valence-corrected chi connectivity index (χ1v) is 12.3. The molecule has 0 aliphatic heterocycles. The second-order valence-electron chi connectivity index (χ2n) is 9.51. The minimum Gasteiger partial charge on any atom is -0.465 e. The van der Waals surface area contributed by atoms with E-state index in [-0.39, 0.29) is 31.0 Å². The second-order valence-corrected chi connectivity index (χ2v) is 9.51. The first-order valence-electron chi connectivity index (χ1n) is 12.3. The number of H-pyrrole nitrogens is 1. The van der Waals surface area contributed by atoms with Gasteiger partial charge in [-0.2, -0.15) is 0 Å². The number of rotatable bonds is 10. The zero-order valence-electron chi connectivity index (χ0n) is 22.6. The molecule has 0 saturated carbocycles. The zero-order chi connectivity index (χ0) is 28.7. The molecular weight excluding hydrogens is 502 g/mol. The number of allylic oxidation sites excluding steroid dienone is 2. The molecule has 3 amide bonds. The third-order valence-corrected chi connectivity index (χ3v) is 5.63. The van der Waals surface area contributed by atoms with Gasteiger partial charge in [-0.25, -0.2) is 9.78 Å². The van der Waals surface area contributed by atoms with E-state index in [1.54, 1.807) is 32.4 Å². The summed E-state index contributed by atoms with van der Waals surface area (Å²) in [7, 11) is 3.21. The fraction of sp³-hybridized carbons (Fsp3) is 0.333. The summed E-state index contributed by atoms with van der Waals surface area (Å²) >= 11 is 0. The van der Waals surface area contributed by atoms with Gasteiger partial charge in [-0.05, 0) is 64.0 Å². The molecule has 0 aromatic carbocycles. The van der Waals surface area contributed by atoms with E-state index in [9.17, 15) is 19.2 Å². The lowest BCUT2D eigenvalue weighted by atomic mass is 10.1. The Morgan fingerprint density at radius 2 is 1.97 bits per heavy atom. The van der Waals surface area contributed by atoms with E-state index in [0.717, 1.165) is 22.5 Å². The molecule has 0 aliphatic carbocycles. The van der Waals surface area contributed by atoms with Gasteiger partial charge in [0, 0.05) is 26.0 Å². The summed E-state index contributed by atoms with van der Waals surface area (Å²) in [4.78, 5) is 62.7. The number of carbonyl (C=O) groups is 3. The highest BCUT2D eigenvalue weighted by Crippen LogP contribution is 2.19. The predicted octanol–water partition coefficient (Wildman–Crippen LogP) is 2.90. The van der Waals surface area contributed by atoms with Crippen molar-refractivity contribution >= 4 is 40.7 Å². The van der Waals surface area contributed by atoms with Gasteiger partial charge in [0.15, 0.2) is 0 Å². The summed E-state index contributed by atoms with van der Waals surface area (Å²) in [5.41, 5.74) is 3.65. The number of nitrogens with one attached hydrogen (secondary N) is 3. The van der Waals surface area contributed by atoms with Crippen molar-refractivity contribution in [2.24, 2.45) is 0 Å². The van der Waals surface area contributed by atoms with Crippen molar-refractivity contribution < 1.29 is 19.5 Å². The number of carbonyl (C=O) groups excluding carboxylic acids is 2. The lowest BCUT2D eigenvalue weighted by molar-refractivity contribution is -0.123. The highest BCUT2D eigenvalue weighted by molar-refractivity contribution is 5.96. The third kappa shape index (κ3) is 7.87. The van der Waals surface area contributed by atoms with Crippen LogP contribution in [-0.2, 0) is 16.1 Å². The van der Waals surface area contributed by atoms with Crippen LogP contribution in [0, 0.1) is 6.92 Å². The van der Waals surface area contributed by atoms with E-state index in [0.29, 0.717) is 11.3 Å². The monoisotopic (exact) mass is 535 g/mol.